The van der Waals surface area contributed by atoms with E-state index in [0.29, 0.717) is 22.1 Å². The number of benzene rings is 1. The normalized spacial score (nSPS) is 12.0. The average molecular weight is 338 g/mol. The number of anilines is 1. The molecule has 7 nitrogen and oxygen atoms in total. The fourth-order valence-electron chi connectivity index (χ4n) is 2.36. The largest absolute Gasteiger partial charge is 0.338 e. The van der Waals surface area contributed by atoms with E-state index in [4.69, 9.17) is 11.6 Å². The molecule has 3 aromatic heterocycles. The third kappa shape index (κ3) is 2.65. The Bertz CT molecular complexity index is 1060. The van der Waals surface area contributed by atoms with Crippen LogP contribution in [-0.4, -0.2) is 30.9 Å². The van der Waals surface area contributed by atoms with Gasteiger partial charge in [0.25, 0.3) is 5.95 Å². The number of aromatic nitrogens is 5. The number of fused-ring (bicyclic) bond motifs is 3. The van der Waals surface area contributed by atoms with Crippen molar-refractivity contribution in [3.05, 3.63) is 53.3 Å². The average Bonchev–Trinajstić information content (AvgIpc) is 2.96. The third-order valence-corrected chi connectivity index (χ3v) is 3.77. The lowest BCUT2D eigenvalue weighted by molar-refractivity contribution is 1.01. The molecule has 4 aromatic rings. The third-order valence-electron chi connectivity index (χ3n) is 3.54. The summed E-state index contributed by atoms with van der Waals surface area (Å²) in [5, 5.41) is 14.1. The molecule has 0 atom stereocenters. The SMILES string of the molecule is C/C(=N\Nc1nnc2c(n1)[nH]c1cc(Cl)ccc12)c1ccccn1. The second-order valence-corrected chi connectivity index (χ2v) is 5.61. The molecule has 0 aliphatic rings. The molecule has 0 spiro atoms. The van der Waals surface area contributed by atoms with E-state index in [1.54, 1.807) is 6.20 Å². The van der Waals surface area contributed by atoms with E-state index in [2.05, 4.69) is 35.7 Å². The Morgan fingerprint density at radius 1 is 1.21 bits per heavy atom. The van der Waals surface area contributed by atoms with E-state index in [-0.39, 0.29) is 0 Å². The molecule has 118 valence electrons. The lowest BCUT2D eigenvalue weighted by atomic mass is 10.2. The lowest BCUT2D eigenvalue weighted by Crippen LogP contribution is -2.04. The van der Waals surface area contributed by atoms with Crippen molar-refractivity contribution in [2.75, 3.05) is 5.43 Å². The van der Waals surface area contributed by atoms with E-state index in [9.17, 15) is 0 Å². The second-order valence-electron chi connectivity index (χ2n) is 5.17. The summed E-state index contributed by atoms with van der Waals surface area (Å²) < 4.78 is 0. The van der Waals surface area contributed by atoms with Crippen molar-refractivity contribution >= 4 is 45.3 Å². The minimum absolute atomic E-state index is 0.301. The van der Waals surface area contributed by atoms with E-state index in [1.165, 1.54) is 0 Å². The molecule has 3 heterocycles. The molecule has 4 rings (SSSR count). The van der Waals surface area contributed by atoms with Gasteiger partial charge in [-0.3, -0.25) is 4.98 Å². The first-order chi connectivity index (χ1) is 11.7. The van der Waals surface area contributed by atoms with Crippen LogP contribution in [0.2, 0.25) is 5.02 Å². The minimum Gasteiger partial charge on any atom is -0.338 e. The summed E-state index contributed by atoms with van der Waals surface area (Å²) in [5.74, 6) is 0.301. The van der Waals surface area contributed by atoms with Crippen molar-refractivity contribution in [2.45, 2.75) is 6.92 Å². The van der Waals surface area contributed by atoms with Crippen molar-refractivity contribution in [2.24, 2.45) is 5.10 Å². The Morgan fingerprint density at radius 2 is 2.12 bits per heavy atom. The van der Waals surface area contributed by atoms with Crippen LogP contribution in [0.1, 0.15) is 12.6 Å². The van der Waals surface area contributed by atoms with Crippen LogP contribution in [0.5, 0.6) is 0 Å². The summed E-state index contributed by atoms with van der Waals surface area (Å²) in [6, 6.07) is 11.2. The highest BCUT2D eigenvalue weighted by Crippen LogP contribution is 2.25. The summed E-state index contributed by atoms with van der Waals surface area (Å²) in [6.45, 7) is 1.85. The van der Waals surface area contributed by atoms with Gasteiger partial charge in [0.2, 0.25) is 0 Å². The van der Waals surface area contributed by atoms with Gasteiger partial charge in [0.05, 0.1) is 16.9 Å². The zero-order valence-corrected chi connectivity index (χ0v) is 13.4. The van der Waals surface area contributed by atoms with Gasteiger partial charge in [0.1, 0.15) is 5.52 Å². The minimum atomic E-state index is 0.301. The Kier molecular flexibility index (Phi) is 3.55. The highest BCUT2D eigenvalue weighted by Gasteiger charge is 2.09. The predicted molar refractivity (Wildman–Crippen MR) is 94.3 cm³/mol. The molecule has 2 N–H and O–H groups in total. The van der Waals surface area contributed by atoms with Crippen LogP contribution < -0.4 is 5.43 Å². The van der Waals surface area contributed by atoms with Crippen molar-refractivity contribution in [1.29, 1.82) is 0 Å². The number of rotatable bonds is 3. The molecule has 0 amide bonds. The molecular formula is C16H12ClN7. The Balaban J connectivity index is 1.67. The summed E-state index contributed by atoms with van der Waals surface area (Å²) in [5.41, 5.74) is 6.49. The highest BCUT2D eigenvalue weighted by molar-refractivity contribution is 6.31. The first kappa shape index (κ1) is 14.5. The summed E-state index contributed by atoms with van der Waals surface area (Å²) in [7, 11) is 0. The van der Waals surface area contributed by atoms with Crippen LogP contribution >= 0.6 is 11.6 Å². The van der Waals surface area contributed by atoms with Gasteiger partial charge in [0.15, 0.2) is 5.65 Å². The predicted octanol–water partition coefficient (Wildman–Crippen LogP) is 3.39. The first-order valence-corrected chi connectivity index (χ1v) is 7.62. The molecule has 0 aliphatic heterocycles. The molecule has 0 fully saturated rings. The van der Waals surface area contributed by atoms with E-state index in [0.717, 1.165) is 22.3 Å². The summed E-state index contributed by atoms with van der Waals surface area (Å²) in [6.07, 6.45) is 1.72. The molecule has 0 saturated carbocycles. The maximum absolute atomic E-state index is 6.01. The number of hydrogen-bond donors (Lipinski definition) is 2. The Hall–Kier alpha value is -3.06. The van der Waals surface area contributed by atoms with Gasteiger partial charge in [-0.1, -0.05) is 17.7 Å². The molecule has 0 radical (unpaired) electrons. The van der Waals surface area contributed by atoms with Gasteiger partial charge in [0, 0.05) is 16.6 Å². The Labute approximate surface area is 141 Å². The number of halogens is 1. The van der Waals surface area contributed by atoms with Gasteiger partial charge in [-0.05, 0) is 37.3 Å². The number of H-pyrrole nitrogens is 1. The standard InChI is InChI=1S/C16H12ClN7/c1-9(12-4-2-3-7-18-12)21-23-16-20-15-14(22-24-16)11-6-5-10(17)8-13(11)19-15/h2-8H,1H3,(H2,19,20,23,24)/b21-9+. The molecule has 24 heavy (non-hydrogen) atoms. The van der Waals surface area contributed by atoms with Crippen molar-refractivity contribution in [3.8, 4) is 0 Å². The van der Waals surface area contributed by atoms with Crippen LogP contribution in [0.15, 0.2) is 47.7 Å². The monoisotopic (exact) mass is 337 g/mol. The molecular weight excluding hydrogens is 326 g/mol. The first-order valence-electron chi connectivity index (χ1n) is 7.24. The zero-order valence-electron chi connectivity index (χ0n) is 12.7. The fraction of sp³-hybridized carbons (Fsp3) is 0.0625. The number of aromatic amines is 1. The molecule has 0 unspecified atom stereocenters. The van der Waals surface area contributed by atoms with Crippen LogP contribution in [0.3, 0.4) is 0 Å². The molecule has 0 aliphatic carbocycles. The van der Waals surface area contributed by atoms with E-state index >= 15 is 0 Å². The van der Waals surface area contributed by atoms with E-state index in [1.807, 2.05) is 43.3 Å². The van der Waals surface area contributed by atoms with Crippen LogP contribution in [-0.2, 0) is 0 Å². The lowest BCUT2D eigenvalue weighted by Gasteiger charge is -2.01. The fourth-order valence-corrected chi connectivity index (χ4v) is 2.54. The summed E-state index contributed by atoms with van der Waals surface area (Å²) >= 11 is 6.01. The number of hydrazone groups is 1. The Morgan fingerprint density at radius 3 is 2.96 bits per heavy atom. The topological polar surface area (TPSA) is 91.7 Å². The molecule has 8 heteroatoms. The van der Waals surface area contributed by atoms with Crippen molar-refractivity contribution in [1.82, 2.24) is 25.1 Å². The molecule has 0 saturated heterocycles. The van der Waals surface area contributed by atoms with Gasteiger partial charge >= 0.3 is 0 Å². The zero-order chi connectivity index (χ0) is 16.5. The number of nitrogens with one attached hydrogen (secondary N) is 2. The molecule has 0 bridgehead atoms. The van der Waals surface area contributed by atoms with Gasteiger partial charge in [-0.15, -0.1) is 10.2 Å². The highest BCUT2D eigenvalue weighted by atomic mass is 35.5. The van der Waals surface area contributed by atoms with Gasteiger partial charge in [-0.25, -0.2) is 5.43 Å². The number of hydrogen-bond acceptors (Lipinski definition) is 6. The van der Waals surface area contributed by atoms with Gasteiger partial charge in [-0.2, -0.15) is 10.1 Å². The second kappa shape index (κ2) is 5.86. The summed E-state index contributed by atoms with van der Waals surface area (Å²) in [4.78, 5) is 11.8. The van der Waals surface area contributed by atoms with Crippen molar-refractivity contribution < 1.29 is 0 Å². The van der Waals surface area contributed by atoms with Crippen LogP contribution in [0.4, 0.5) is 5.95 Å². The smallest absolute Gasteiger partial charge is 0.265 e. The quantitative estimate of drug-likeness (QED) is 0.441. The number of pyridine rings is 1. The van der Waals surface area contributed by atoms with Crippen LogP contribution in [0, 0.1) is 0 Å². The van der Waals surface area contributed by atoms with Gasteiger partial charge < -0.3 is 4.98 Å². The van der Waals surface area contributed by atoms with Crippen LogP contribution in [0.25, 0.3) is 22.1 Å². The van der Waals surface area contributed by atoms with Crippen molar-refractivity contribution in [3.63, 3.8) is 0 Å². The maximum atomic E-state index is 6.01. The molecule has 1 aromatic carbocycles. The van der Waals surface area contributed by atoms with E-state index < -0.39 is 0 Å². The maximum Gasteiger partial charge on any atom is 0.265 e. The number of nitrogens with zero attached hydrogens (tertiary/aromatic N) is 5.